The van der Waals surface area contributed by atoms with E-state index in [4.69, 9.17) is 14.2 Å². The van der Waals surface area contributed by atoms with Crippen molar-refractivity contribution in [3.63, 3.8) is 0 Å². The molecule has 3 heterocycles. The Labute approximate surface area is 267 Å². The van der Waals surface area contributed by atoms with Gasteiger partial charge in [0.1, 0.15) is 11.4 Å². The predicted octanol–water partition coefficient (Wildman–Crippen LogP) is 4.47. The van der Waals surface area contributed by atoms with Crippen LogP contribution in [0.3, 0.4) is 0 Å². The van der Waals surface area contributed by atoms with Gasteiger partial charge in [0.25, 0.3) is 11.8 Å². The number of aromatic nitrogens is 2. The van der Waals surface area contributed by atoms with Gasteiger partial charge in [0.2, 0.25) is 5.88 Å². The minimum absolute atomic E-state index is 0.225. The van der Waals surface area contributed by atoms with Crippen LogP contribution >= 0.6 is 0 Å². The second-order valence-corrected chi connectivity index (χ2v) is 10.8. The van der Waals surface area contributed by atoms with Crippen LogP contribution in [0.2, 0.25) is 0 Å². The number of amides is 3. The fraction of sp³-hybridized carbons (Fsp3) is 0.265. The molecule has 12 nitrogen and oxygen atoms in total. The first-order valence-electron chi connectivity index (χ1n) is 14.9. The van der Waals surface area contributed by atoms with Gasteiger partial charge in [0.05, 0.1) is 31.7 Å². The van der Waals surface area contributed by atoms with Crippen molar-refractivity contribution < 1.29 is 28.6 Å². The van der Waals surface area contributed by atoms with Gasteiger partial charge < -0.3 is 34.0 Å². The number of carbonyl (C=O) groups excluding carboxylic acids is 3. The number of carbonyl (C=O) groups is 3. The highest BCUT2D eigenvalue weighted by atomic mass is 16.6. The number of anilines is 2. The Morgan fingerprint density at radius 2 is 1.57 bits per heavy atom. The molecule has 1 aliphatic heterocycles. The van der Waals surface area contributed by atoms with Gasteiger partial charge in [0, 0.05) is 64.3 Å². The molecule has 3 N–H and O–H groups in total. The van der Waals surface area contributed by atoms with E-state index in [0.717, 1.165) is 36.5 Å². The SMILES string of the molecule is COc1cccc(/C=C/c2ccc(C(=O)Nc3cc(OC(=O)Nc4cc(C(=O)NCCN5CCOCC5)n(C)c4)n(C)c3)cc2)c1. The van der Waals surface area contributed by atoms with Crippen molar-refractivity contribution in [3.05, 3.63) is 95.4 Å². The number of nitrogens with zero attached hydrogens (tertiary/aromatic N) is 3. The third kappa shape index (κ3) is 8.65. The smallest absolute Gasteiger partial charge is 0.418 e. The molecule has 1 aliphatic rings. The van der Waals surface area contributed by atoms with Gasteiger partial charge in [-0.05, 0) is 41.5 Å². The van der Waals surface area contributed by atoms with Crippen LogP contribution in [0.5, 0.6) is 11.6 Å². The van der Waals surface area contributed by atoms with Crippen LogP contribution in [-0.4, -0.2) is 78.4 Å². The molecule has 46 heavy (non-hydrogen) atoms. The van der Waals surface area contributed by atoms with Crippen LogP contribution in [0, 0.1) is 0 Å². The molecule has 1 fully saturated rings. The Kier molecular flexibility index (Phi) is 10.5. The number of rotatable bonds is 11. The van der Waals surface area contributed by atoms with E-state index in [2.05, 4.69) is 20.9 Å². The maximum Gasteiger partial charge on any atom is 0.418 e. The molecule has 12 heteroatoms. The number of benzene rings is 2. The van der Waals surface area contributed by atoms with Gasteiger partial charge in [-0.2, -0.15) is 0 Å². The van der Waals surface area contributed by atoms with Crippen molar-refractivity contribution in [1.82, 2.24) is 19.4 Å². The second kappa shape index (κ2) is 15.1. The number of morpholine rings is 1. The molecule has 0 unspecified atom stereocenters. The number of hydrogen-bond acceptors (Lipinski definition) is 7. The fourth-order valence-electron chi connectivity index (χ4n) is 4.94. The van der Waals surface area contributed by atoms with Crippen molar-refractivity contribution in [2.45, 2.75) is 0 Å². The Morgan fingerprint density at radius 3 is 2.33 bits per heavy atom. The first kappa shape index (κ1) is 32.1. The first-order valence-corrected chi connectivity index (χ1v) is 14.9. The lowest BCUT2D eigenvalue weighted by Crippen LogP contribution is -2.41. The zero-order valence-corrected chi connectivity index (χ0v) is 26.1. The van der Waals surface area contributed by atoms with Crippen molar-refractivity contribution >= 4 is 41.4 Å². The Hall–Kier alpha value is -5.33. The third-order valence-electron chi connectivity index (χ3n) is 7.45. The Balaban J connectivity index is 1.11. The average molecular weight is 627 g/mol. The topological polar surface area (TPSA) is 128 Å². The highest BCUT2D eigenvalue weighted by Crippen LogP contribution is 2.22. The minimum atomic E-state index is -0.735. The van der Waals surface area contributed by atoms with Gasteiger partial charge in [-0.25, -0.2) is 4.79 Å². The molecule has 3 amide bonds. The van der Waals surface area contributed by atoms with Crippen molar-refractivity contribution in [2.75, 3.05) is 57.1 Å². The van der Waals surface area contributed by atoms with Crippen molar-refractivity contribution in [2.24, 2.45) is 14.1 Å². The number of methoxy groups -OCH3 is 1. The molecular weight excluding hydrogens is 588 g/mol. The van der Waals surface area contributed by atoms with E-state index >= 15 is 0 Å². The van der Waals surface area contributed by atoms with Crippen LogP contribution < -0.4 is 25.4 Å². The standard InChI is InChI=1S/C34H38N6O6/c1-38-22-27(20-30(38)33(42)35-13-14-40-15-17-45-18-16-40)37-34(43)46-31-21-28(23-39(31)2)36-32(41)26-11-9-24(10-12-26)7-8-25-5-4-6-29(19-25)44-3/h4-12,19-23H,13-18H2,1-3H3,(H,35,42)(H,36,41)(H,37,43)/b8-7+. The molecule has 0 atom stereocenters. The van der Waals surface area contributed by atoms with Gasteiger partial charge in [0.15, 0.2) is 0 Å². The van der Waals surface area contributed by atoms with E-state index in [1.165, 1.54) is 0 Å². The van der Waals surface area contributed by atoms with E-state index in [0.29, 0.717) is 42.4 Å². The summed E-state index contributed by atoms with van der Waals surface area (Å²) in [5.74, 6) is 0.471. The summed E-state index contributed by atoms with van der Waals surface area (Å²) in [5.41, 5.74) is 3.71. The largest absolute Gasteiger partial charge is 0.497 e. The summed E-state index contributed by atoms with van der Waals surface area (Å²) in [5, 5.41) is 8.40. The minimum Gasteiger partial charge on any atom is -0.497 e. The van der Waals surface area contributed by atoms with Crippen LogP contribution in [0.25, 0.3) is 12.2 Å². The van der Waals surface area contributed by atoms with E-state index < -0.39 is 6.09 Å². The molecule has 2 aromatic heterocycles. The molecule has 2 aromatic carbocycles. The zero-order chi connectivity index (χ0) is 32.5. The molecule has 5 rings (SSSR count). The summed E-state index contributed by atoms with van der Waals surface area (Å²) >= 11 is 0. The second-order valence-electron chi connectivity index (χ2n) is 10.8. The molecule has 0 aliphatic carbocycles. The quantitative estimate of drug-likeness (QED) is 0.210. The average Bonchev–Trinajstić information content (AvgIpc) is 3.60. The van der Waals surface area contributed by atoms with Gasteiger partial charge in [-0.15, -0.1) is 0 Å². The summed E-state index contributed by atoms with van der Waals surface area (Å²) in [6.07, 6.45) is 6.48. The molecular formula is C34H38N6O6. The van der Waals surface area contributed by atoms with Crippen LogP contribution in [0.1, 0.15) is 32.0 Å². The summed E-state index contributed by atoms with van der Waals surface area (Å²) in [6, 6.07) is 18.1. The van der Waals surface area contributed by atoms with E-state index in [1.54, 1.807) is 67.0 Å². The van der Waals surface area contributed by atoms with E-state index in [1.807, 2.05) is 48.6 Å². The lowest BCUT2D eigenvalue weighted by atomic mass is 10.1. The van der Waals surface area contributed by atoms with Crippen molar-refractivity contribution in [3.8, 4) is 11.6 Å². The maximum absolute atomic E-state index is 12.9. The molecule has 4 aromatic rings. The summed E-state index contributed by atoms with van der Waals surface area (Å²) in [6.45, 7) is 4.36. The summed E-state index contributed by atoms with van der Waals surface area (Å²) < 4.78 is 19.3. The Bertz CT molecular complexity index is 1700. The molecule has 0 radical (unpaired) electrons. The summed E-state index contributed by atoms with van der Waals surface area (Å²) in [7, 11) is 5.06. The van der Waals surface area contributed by atoms with Gasteiger partial charge >= 0.3 is 6.09 Å². The number of hydrogen-bond donors (Lipinski definition) is 3. The molecule has 0 spiro atoms. The molecule has 0 saturated carbocycles. The lowest BCUT2D eigenvalue weighted by Gasteiger charge is -2.26. The predicted molar refractivity (Wildman–Crippen MR) is 176 cm³/mol. The zero-order valence-electron chi connectivity index (χ0n) is 26.1. The number of aryl methyl sites for hydroxylation is 2. The number of ether oxygens (including phenoxy) is 3. The molecule has 1 saturated heterocycles. The number of nitrogens with one attached hydrogen (secondary N) is 3. The van der Waals surface area contributed by atoms with Gasteiger partial charge in [-0.1, -0.05) is 36.4 Å². The van der Waals surface area contributed by atoms with Crippen molar-refractivity contribution in [1.29, 1.82) is 0 Å². The highest BCUT2D eigenvalue weighted by Gasteiger charge is 2.17. The summed E-state index contributed by atoms with van der Waals surface area (Å²) in [4.78, 5) is 40.5. The highest BCUT2D eigenvalue weighted by molar-refractivity contribution is 6.04. The third-order valence-corrected chi connectivity index (χ3v) is 7.45. The van der Waals surface area contributed by atoms with Crippen LogP contribution in [-0.2, 0) is 18.8 Å². The van der Waals surface area contributed by atoms with Crippen LogP contribution in [0.4, 0.5) is 16.2 Å². The fourth-order valence-corrected chi connectivity index (χ4v) is 4.94. The monoisotopic (exact) mass is 626 g/mol. The maximum atomic E-state index is 12.9. The van der Waals surface area contributed by atoms with Gasteiger partial charge in [-0.3, -0.25) is 19.8 Å². The Morgan fingerprint density at radius 1 is 0.848 bits per heavy atom. The van der Waals surface area contributed by atoms with E-state index in [-0.39, 0.29) is 17.7 Å². The van der Waals surface area contributed by atoms with E-state index in [9.17, 15) is 14.4 Å². The first-order chi connectivity index (χ1) is 22.3. The molecule has 240 valence electrons. The normalized spacial score (nSPS) is 13.4. The molecule has 0 bridgehead atoms. The lowest BCUT2D eigenvalue weighted by molar-refractivity contribution is 0.0383. The van der Waals surface area contributed by atoms with Crippen LogP contribution in [0.15, 0.2) is 73.1 Å².